The van der Waals surface area contributed by atoms with Crippen LogP contribution in [0.4, 0.5) is 29.3 Å². The van der Waals surface area contributed by atoms with Crippen LogP contribution in [0.2, 0.25) is 0 Å². The highest BCUT2D eigenvalue weighted by Gasteiger charge is 2.31. The molecule has 0 amide bonds. The average molecular weight is 313 g/mol. The fourth-order valence-electron chi connectivity index (χ4n) is 1.68. The second-order valence-electron chi connectivity index (χ2n) is 3.99. The van der Waals surface area contributed by atoms with Crippen molar-refractivity contribution in [3.63, 3.8) is 0 Å². The Balaban J connectivity index is 2.63. The largest absolute Gasteiger partial charge is 0.573 e. The second kappa shape index (κ2) is 5.36. The number of rotatable bonds is 2. The minimum atomic E-state index is -4.95. The average Bonchev–Trinajstić information content (AvgIpc) is 2.38. The van der Waals surface area contributed by atoms with Gasteiger partial charge in [-0.15, -0.1) is 13.2 Å². The highest BCUT2D eigenvalue weighted by molar-refractivity contribution is 5.74. The first-order valence-corrected chi connectivity index (χ1v) is 5.60. The van der Waals surface area contributed by atoms with Crippen molar-refractivity contribution in [3.05, 3.63) is 29.6 Å². The quantitative estimate of drug-likeness (QED) is 0.822. The maximum atomic E-state index is 13.9. The number of halogens is 4. The van der Waals surface area contributed by atoms with Crippen LogP contribution >= 0.6 is 0 Å². The van der Waals surface area contributed by atoms with Gasteiger partial charge in [0.25, 0.3) is 0 Å². The summed E-state index contributed by atoms with van der Waals surface area (Å²) in [5.74, 6) is -2.27. The van der Waals surface area contributed by atoms with Crippen molar-refractivity contribution in [1.82, 2.24) is 9.97 Å². The maximum Gasteiger partial charge on any atom is 0.573 e. The molecule has 0 radical (unpaired) electrons. The SMILES string of the molecule is N#Cc1c(N)nc(N)nc1-c1cc(OC(F)(F)F)ccc1F. The summed E-state index contributed by atoms with van der Waals surface area (Å²) in [7, 11) is 0. The summed E-state index contributed by atoms with van der Waals surface area (Å²) in [5.41, 5.74) is 9.79. The van der Waals surface area contributed by atoms with Crippen molar-refractivity contribution < 1.29 is 22.3 Å². The molecule has 0 atom stereocenters. The number of hydrogen-bond acceptors (Lipinski definition) is 6. The van der Waals surface area contributed by atoms with Gasteiger partial charge >= 0.3 is 6.36 Å². The number of anilines is 2. The first-order chi connectivity index (χ1) is 10.2. The van der Waals surface area contributed by atoms with Gasteiger partial charge in [0.15, 0.2) is 0 Å². The topological polar surface area (TPSA) is 111 Å². The van der Waals surface area contributed by atoms with Gasteiger partial charge in [0.2, 0.25) is 5.95 Å². The Morgan fingerprint density at radius 2 is 1.86 bits per heavy atom. The van der Waals surface area contributed by atoms with Gasteiger partial charge < -0.3 is 16.2 Å². The van der Waals surface area contributed by atoms with Crippen molar-refractivity contribution in [3.8, 4) is 23.1 Å². The number of alkyl halides is 3. The molecule has 0 saturated heterocycles. The number of nitrogens with two attached hydrogens (primary N) is 2. The van der Waals surface area contributed by atoms with E-state index in [9.17, 15) is 17.6 Å². The molecule has 0 aliphatic heterocycles. The van der Waals surface area contributed by atoms with Gasteiger partial charge in [-0.3, -0.25) is 0 Å². The van der Waals surface area contributed by atoms with Crippen molar-refractivity contribution in [2.45, 2.75) is 6.36 Å². The molecule has 1 aromatic carbocycles. The molecule has 1 heterocycles. The minimum absolute atomic E-state index is 0.308. The molecule has 0 aliphatic rings. The Morgan fingerprint density at radius 3 is 2.45 bits per heavy atom. The van der Waals surface area contributed by atoms with Crippen molar-refractivity contribution in [1.29, 1.82) is 5.26 Å². The van der Waals surface area contributed by atoms with Crippen molar-refractivity contribution in [2.75, 3.05) is 11.5 Å². The Hall–Kier alpha value is -3.09. The van der Waals surface area contributed by atoms with Gasteiger partial charge in [-0.05, 0) is 18.2 Å². The lowest BCUT2D eigenvalue weighted by Crippen LogP contribution is -2.17. The lowest BCUT2D eigenvalue weighted by atomic mass is 10.1. The number of ether oxygens (including phenoxy) is 1. The highest BCUT2D eigenvalue weighted by atomic mass is 19.4. The molecule has 0 aliphatic carbocycles. The minimum Gasteiger partial charge on any atom is -0.406 e. The van der Waals surface area contributed by atoms with Crippen molar-refractivity contribution in [2.24, 2.45) is 0 Å². The summed E-state index contributed by atoms with van der Waals surface area (Å²) in [6, 6.07) is 3.92. The third kappa shape index (κ3) is 3.14. The summed E-state index contributed by atoms with van der Waals surface area (Å²) in [6.07, 6.45) is -4.95. The highest BCUT2D eigenvalue weighted by Crippen LogP contribution is 2.32. The summed E-state index contributed by atoms with van der Waals surface area (Å²) in [5, 5.41) is 9.01. The van der Waals surface area contributed by atoms with E-state index >= 15 is 0 Å². The first-order valence-electron chi connectivity index (χ1n) is 5.60. The summed E-state index contributed by atoms with van der Waals surface area (Å²) in [4.78, 5) is 7.19. The van der Waals surface area contributed by atoms with Gasteiger partial charge in [-0.1, -0.05) is 0 Å². The second-order valence-corrected chi connectivity index (χ2v) is 3.99. The molecular formula is C12H7F4N5O. The molecule has 6 nitrogen and oxygen atoms in total. The van der Waals surface area contributed by atoms with Crippen LogP contribution in [-0.4, -0.2) is 16.3 Å². The van der Waals surface area contributed by atoms with E-state index in [-0.39, 0.29) is 23.0 Å². The van der Waals surface area contributed by atoms with Crippen LogP contribution < -0.4 is 16.2 Å². The van der Waals surface area contributed by atoms with Crippen LogP contribution in [0, 0.1) is 17.1 Å². The zero-order valence-corrected chi connectivity index (χ0v) is 10.6. The van der Waals surface area contributed by atoms with Gasteiger partial charge in [-0.25, -0.2) is 9.37 Å². The molecule has 0 bridgehead atoms. The molecule has 0 unspecified atom stereocenters. The van der Waals surface area contributed by atoms with E-state index in [1.807, 2.05) is 0 Å². The van der Waals surface area contributed by atoms with Crippen molar-refractivity contribution >= 4 is 11.8 Å². The number of hydrogen-bond donors (Lipinski definition) is 2. The van der Waals surface area contributed by atoms with E-state index in [1.54, 1.807) is 6.07 Å². The Bertz CT molecular complexity index is 769. The number of aromatic nitrogens is 2. The van der Waals surface area contributed by atoms with Crippen LogP contribution in [0.25, 0.3) is 11.3 Å². The first kappa shape index (κ1) is 15.3. The molecule has 0 spiro atoms. The Morgan fingerprint density at radius 1 is 1.18 bits per heavy atom. The summed E-state index contributed by atoms with van der Waals surface area (Å²) >= 11 is 0. The molecule has 2 aromatic rings. The van der Waals surface area contributed by atoms with E-state index < -0.39 is 23.5 Å². The summed E-state index contributed by atoms with van der Waals surface area (Å²) < 4.78 is 54.2. The smallest absolute Gasteiger partial charge is 0.406 e. The van der Waals surface area contributed by atoms with E-state index in [4.69, 9.17) is 16.7 Å². The number of nitrogen functional groups attached to an aromatic ring is 2. The van der Waals surface area contributed by atoms with E-state index in [0.717, 1.165) is 18.2 Å². The lowest BCUT2D eigenvalue weighted by molar-refractivity contribution is -0.274. The predicted octanol–water partition coefficient (Wildman–Crippen LogP) is 2.22. The number of nitriles is 1. The molecule has 0 saturated carbocycles. The molecule has 22 heavy (non-hydrogen) atoms. The zero-order chi connectivity index (χ0) is 16.5. The van der Waals surface area contributed by atoms with Gasteiger partial charge in [0, 0.05) is 5.56 Å². The van der Waals surface area contributed by atoms with Gasteiger partial charge in [0.05, 0.1) is 5.69 Å². The molecule has 114 valence electrons. The third-order valence-electron chi connectivity index (χ3n) is 2.49. The number of nitrogens with zero attached hydrogens (tertiary/aromatic N) is 3. The van der Waals surface area contributed by atoms with Gasteiger partial charge in [-0.2, -0.15) is 10.2 Å². The van der Waals surface area contributed by atoms with E-state index in [1.165, 1.54) is 0 Å². The standard InChI is InChI=1S/C12H7F4N5O/c13-8-2-1-5(22-12(14,15)16)3-6(8)9-7(4-17)10(18)21-11(19)20-9/h1-3H,(H4,18,19,20,21). The zero-order valence-electron chi connectivity index (χ0n) is 10.6. The molecule has 4 N–H and O–H groups in total. The van der Waals surface area contributed by atoms with Crippen LogP contribution in [0.5, 0.6) is 5.75 Å². The maximum absolute atomic E-state index is 13.9. The van der Waals surface area contributed by atoms with E-state index in [2.05, 4.69) is 14.7 Å². The van der Waals surface area contributed by atoms with E-state index in [0.29, 0.717) is 0 Å². The Labute approximate surface area is 121 Å². The van der Waals surface area contributed by atoms with Crippen LogP contribution in [-0.2, 0) is 0 Å². The predicted molar refractivity (Wildman–Crippen MR) is 67.6 cm³/mol. The fraction of sp³-hybridized carbons (Fsp3) is 0.0833. The van der Waals surface area contributed by atoms with Crippen LogP contribution in [0.15, 0.2) is 18.2 Å². The molecule has 10 heteroatoms. The fourth-order valence-corrected chi connectivity index (χ4v) is 1.68. The summed E-state index contributed by atoms with van der Waals surface area (Å²) in [6.45, 7) is 0. The Kier molecular flexibility index (Phi) is 3.73. The van der Waals surface area contributed by atoms with Gasteiger partial charge in [0.1, 0.15) is 29.0 Å². The monoisotopic (exact) mass is 313 g/mol. The molecule has 1 aromatic heterocycles. The number of benzene rings is 1. The normalized spacial score (nSPS) is 11.0. The molecule has 2 rings (SSSR count). The molecule has 0 fully saturated rings. The lowest BCUT2D eigenvalue weighted by Gasteiger charge is -2.12. The van der Waals surface area contributed by atoms with Crippen LogP contribution in [0.1, 0.15) is 5.56 Å². The third-order valence-corrected chi connectivity index (χ3v) is 2.49. The van der Waals surface area contributed by atoms with Crippen LogP contribution in [0.3, 0.4) is 0 Å². The molecular weight excluding hydrogens is 306 g/mol.